The largest absolute Gasteiger partial charge is 0.497 e. The van der Waals surface area contributed by atoms with E-state index in [1.807, 2.05) is 18.2 Å². The standard InChI is InChI=1S/C13H19NO3/c1-15-10-3-4-12(16-2)11(9-10)13(14)5-7-17-8-6-13/h3-4,9H,5-8,14H2,1-2H3. The average molecular weight is 237 g/mol. The number of nitrogens with two attached hydrogens (primary N) is 1. The second kappa shape index (κ2) is 4.94. The van der Waals surface area contributed by atoms with Crippen LogP contribution >= 0.6 is 0 Å². The van der Waals surface area contributed by atoms with E-state index < -0.39 is 0 Å². The van der Waals surface area contributed by atoms with Gasteiger partial charge in [-0.15, -0.1) is 0 Å². The number of benzene rings is 1. The van der Waals surface area contributed by atoms with Gasteiger partial charge in [0.2, 0.25) is 0 Å². The van der Waals surface area contributed by atoms with Gasteiger partial charge in [0, 0.05) is 24.3 Å². The van der Waals surface area contributed by atoms with Crippen molar-refractivity contribution in [3.8, 4) is 11.5 Å². The molecule has 1 aliphatic heterocycles. The van der Waals surface area contributed by atoms with E-state index in [1.165, 1.54) is 0 Å². The molecule has 1 aliphatic rings. The Morgan fingerprint density at radius 2 is 1.88 bits per heavy atom. The van der Waals surface area contributed by atoms with Crippen LogP contribution in [0.15, 0.2) is 18.2 Å². The van der Waals surface area contributed by atoms with Gasteiger partial charge in [-0.3, -0.25) is 0 Å². The van der Waals surface area contributed by atoms with Crippen LogP contribution < -0.4 is 15.2 Å². The van der Waals surface area contributed by atoms with Crippen molar-refractivity contribution in [2.75, 3.05) is 27.4 Å². The minimum atomic E-state index is -0.377. The summed E-state index contributed by atoms with van der Waals surface area (Å²) in [6.07, 6.45) is 1.60. The average Bonchev–Trinajstić information content (AvgIpc) is 2.39. The van der Waals surface area contributed by atoms with E-state index >= 15 is 0 Å². The van der Waals surface area contributed by atoms with Gasteiger partial charge in [0.25, 0.3) is 0 Å². The summed E-state index contributed by atoms with van der Waals surface area (Å²) in [6, 6.07) is 5.74. The van der Waals surface area contributed by atoms with Crippen molar-refractivity contribution in [2.24, 2.45) is 5.73 Å². The molecule has 0 bridgehead atoms. The molecule has 1 fully saturated rings. The monoisotopic (exact) mass is 237 g/mol. The molecule has 1 saturated heterocycles. The number of hydrogen-bond acceptors (Lipinski definition) is 4. The van der Waals surface area contributed by atoms with E-state index in [4.69, 9.17) is 19.9 Å². The van der Waals surface area contributed by atoms with Crippen LogP contribution in [0, 0.1) is 0 Å². The van der Waals surface area contributed by atoms with Crippen LogP contribution in [0.4, 0.5) is 0 Å². The summed E-state index contributed by atoms with van der Waals surface area (Å²) in [5, 5.41) is 0. The summed E-state index contributed by atoms with van der Waals surface area (Å²) >= 11 is 0. The van der Waals surface area contributed by atoms with E-state index in [1.54, 1.807) is 14.2 Å². The Bertz CT molecular complexity index is 386. The van der Waals surface area contributed by atoms with Gasteiger partial charge in [-0.2, -0.15) is 0 Å². The molecular weight excluding hydrogens is 218 g/mol. The Labute approximate surface area is 102 Å². The summed E-state index contributed by atoms with van der Waals surface area (Å²) in [4.78, 5) is 0. The lowest BCUT2D eigenvalue weighted by Crippen LogP contribution is -2.42. The third-order valence-electron chi connectivity index (χ3n) is 3.33. The van der Waals surface area contributed by atoms with Crippen LogP contribution in [-0.2, 0) is 10.3 Å². The normalized spacial score (nSPS) is 18.8. The van der Waals surface area contributed by atoms with Crippen molar-refractivity contribution < 1.29 is 14.2 Å². The molecule has 1 aromatic rings. The smallest absolute Gasteiger partial charge is 0.124 e. The molecule has 0 aliphatic carbocycles. The second-order valence-corrected chi connectivity index (χ2v) is 4.33. The molecule has 0 unspecified atom stereocenters. The van der Waals surface area contributed by atoms with Crippen molar-refractivity contribution in [1.29, 1.82) is 0 Å². The molecule has 0 amide bonds. The fraction of sp³-hybridized carbons (Fsp3) is 0.538. The van der Waals surface area contributed by atoms with Crippen molar-refractivity contribution >= 4 is 0 Å². The quantitative estimate of drug-likeness (QED) is 0.868. The molecule has 4 heteroatoms. The molecule has 0 spiro atoms. The van der Waals surface area contributed by atoms with Crippen LogP contribution in [0.25, 0.3) is 0 Å². The molecule has 4 nitrogen and oxygen atoms in total. The van der Waals surface area contributed by atoms with Crippen LogP contribution in [0.1, 0.15) is 18.4 Å². The zero-order chi connectivity index (χ0) is 12.3. The van der Waals surface area contributed by atoms with E-state index in [-0.39, 0.29) is 5.54 Å². The summed E-state index contributed by atoms with van der Waals surface area (Å²) in [5.74, 6) is 1.62. The lowest BCUT2D eigenvalue weighted by Gasteiger charge is -2.34. The number of hydrogen-bond donors (Lipinski definition) is 1. The molecule has 0 aromatic heterocycles. The number of methoxy groups -OCH3 is 2. The molecule has 0 saturated carbocycles. The van der Waals surface area contributed by atoms with Crippen molar-refractivity contribution in [3.63, 3.8) is 0 Å². The Hall–Kier alpha value is -1.26. The maximum atomic E-state index is 6.46. The highest BCUT2D eigenvalue weighted by Crippen LogP contribution is 2.37. The summed E-state index contributed by atoms with van der Waals surface area (Å²) in [5.41, 5.74) is 7.09. The van der Waals surface area contributed by atoms with Crippen LogP contribution in [0.5, 0.6) is 11.5 Å². The summed E-state index contributed by atoms with van der Waals surface area (Å²) in [7, 11) is 3.31. The maximum absolute atomic E-state index is 6.46. The second-order valence-electron chi connectivity index (χ2n) is 4.33. The van der Waals surface area contributed by atoms with Crippen LogP contribution in [0.2, 0.25) is 0 Å². The predicted molar refractivity (Wildman–Crippen MR) is 65.5 cm³/mol. The molecule has 1 heterocycles. The lowest BCUT2D eigenvalue weighted by atomic mass is 9.83. The third-order valence-corrected chi connectivity index (χ3v) is 3.33. The van der Waals surface area contributed by atoms with E-state index in [0.717, 1.165) is 29.9 Å². The van der Waals surface area contributed by atoms with Gasteiger partial charge in [0.05, 0.1) is 14.2 Å². The first-order valence-electron chi connectivity index (χ1n) is 5.79. The first-order valence-corrected chi connectivity index (χ1v) is 5.79. The molecule has 17 heavy (non-hydrogen) atoms. The number of ether oxygens (including phenoxy) is 3. The highest BCUT2D eigenvalue weighted by atomic mass is 16.5. The van der Waals surface area contributed by atoms with E-state index in [0.29, 0.717) is 13.2 Å². The zero-order valence-corrected chi connectivity index (χ0v) is 10.4. The summed E-state index contributed by atoms with van der Waals surface area (Å²) in [6.45, 7) is 1.38. The first kappa shape index (κ1) is 12.2. The molecule has 2 N–H and O–H groups in total. The van der Waals surface area contributed by atoms with Gasteiger partial charge in [0.15, 0.2) is 0 Å². The molecule has 0 radical (unpaired) electrons. The SMILES string of the molecule is COc1ccc(OC)c(C2(N)CCOCC2)c1. The van der Waals surface area contributed by atoms with Crippen LogP contribution in [0.3, 0.4) is 0 Å². The maximum Gasteiger partial charge on any atom is 0.124 e. The van der Waals surface area contributed by atoms with E-state index in [9.17, 15) is 0 Å². The van der Waals surface area contributed by atoms with Crippen LogP contribution in [-0.4, -0.2) is 27.4 Å². The van der Waals surface area contributed by atoms with Gasteiger partial charge in [-0.05, 0) is 31.0 Å². The highest BCUT2D eigenvalue weighted by Gasteiger charge is 2.33. The third kappa shape index (κ3) is 2.37. The van der Waals surface area contributed by atoms with Crippen molar-refractivity contribution in [1.82, 2.24) is 0 Å². The fourth-order valence-corrected chi connectivity index (χ4v) is 2.21. The first-order chi connectivity index (χ1) is 8.19. The van der Waals surface area contributed by atoms with E-state index in [2.05, 4.69) is 0 Å². The van der Waals surface area contributed by atoms with Gasteiger partial charge in [-0.25, -0.2) is 0 Å². The van der Waals surface area contributed by atoms with Gasteiger partial charge >= 0.3 is 0 Å². The van der Waals surface area contributed by atoms with Gasteiger partial charge in [0.1, 0.15) is 11.5 Å². The number of rotatable bonds is 3. The Morgan fingerprint density at radius 1 is 1.18 bits per heavy atom. The van der Waals surface area contributed by atoms with Crippen molar-refractivity contribution in [3.05, 3.63) is 23.8 Å². The zero-order valence-electron chi connectivity index (χ0n) is 10.4. The summed E-state index contributed by atoms with van der Waals surface area (Å²) < 4.78 is 16.0. The van der Waals surface area contributed by atoms with Gasteiger partial charge in [-0.1, -0.05) is 0 Å². The lowest BCUT2D eigenvalue weighted by molar-refractivity contribution is 0.0513. The molecular formula is C13H19NO3. The molecule has 1 aromatic carbocycles. The Balaban J connectivity index is 2.40. The molecule has 94 valence electrons. The van der Waals surface area contributed by atoms with Gasteiger partial charge < -0.3 is 19.9 Å². The fourth-order valence-electron chi connectivity index (χ4n) is 2.21. The molecule has 0 atom stereocenters. The Morgan fingerprint density at radius 3 is 2.47 bits per heavy atom. The minimum Gasteiger partial charge on any atom is -0.497 e. The topological polar surface area (TPSA) is 53.7 Å². The molecule has 2 rings (SSSR count). The Kier molecular flexibility index (Phi) is 3.54. The van der Waals surface area contributed by atoms with Crippen molar-refractivity contribution in [2.45, 2.75) is 18.4 Å². The minimum absolute atomic E-state index is 0.377. The predicted octanol–water partition coefficient (Wildman–Crippen LogP) is 1.67. The highest BCUT2D eigenvalue weighted by molar-refractivity contribution is 5.44.